The molecule has 0 fully saturated rings. The monoisotopic (exact) mass is 422 g/mol. The number of carboxylic acid groups (broad SMARTS) is 2. The first-order chi connectivity index (χ1) is 14.5. The Kier molecular flexibility index (Phi) is 27.5. The van der Waals surface area contributed by atoms with Crippen LogP contribution in [0.25, 0.3) is 0 Å². The Balaban J connectivity index is 0. The summed E-state index contributed by atoms with van der Waals surface area (Å²) in [5.74, 6) is -1.33. The largest absolute Gasteiger partial charge is 0.481 e. The zero-order chi connectivity index (χ0) is 22.7. The van der Waals surface area contributed by atoms with Gasteiger partial charge < -0.3 is 10.2 Å². The second-order valence-corrected chi connectivity index (χ2v) is 7.68. The topological polar surface area (TPSA) is 74.6 Å². The fourth-order valence-electron chi connectivity index (χ4n) is 2.85. The number of aliphatic carboxylic acids is 2. The lowest BCUT2D eigenvalue weighted by molar-refractivity contribution is -0.138. The van der Waals surface area contributed by atoms with Gasteiger partial charge in [-0.3, -0.25) is 9.59 Å². The molecular weight excluding hydrogens is 376 g/mol. The van der Waals surface area contributed by atoms with Gasteiger partial charge in [-0.1, -0.05) is 127 Å². The fraction of sp³-hybridized carbons (Fsp3) is 0.692. The van der Waals surface area contributed by atoms with Crippen molar-refractivity contribution in [3.8, 4) is 0 Å². The van der Waals surface area contributed by atoms with E-state index >= 15 is 0 Å². The van der Waals surface area contributed by atoms with Crippen LogP contribution in [-0.2, 0) is 9.59 Å². The predicted octanol–water partition coefficient (Wildman–Crippen LogP) is 8.11. The molecule has 0 radical (unpaired) electrons. The molecule has 0 saturated heterocycles. The smallest absolute Gasteiger partial charge is 0.303 e. The fourth-order valence-corrected chi connectivity index (χ4v) is 2.85. The van der Waals surface area contributed by atoms with Crippen LogP contribution in [0.15, 0.2) is 36.4 Å². The van der Waals surface area contributed by atoms with E-state index in [1.54, 1.807) is 0 Å². The highest BCUT2D eigenvalue weighted by molar-refractivity contribution is 5.66. The molecule has 4 nitrogen and oxygen atoms in total. The first-order valence-electron chi connectivity index (χ1n) is 12.0. The van der Waals surface area contributed by atoms with Crippen LogP contribution >= 0.6 is 0 Å². The van der Waals surface area contributed by atoms with Crippen molar-refractivity contribution >= 4 is 11.9 Å². The van der Waals surface area contributed by atoms with Crippen molar-refractivity contribution < 1.29 is 19.8 Å². The second-order valence-electron chi connectivity index (χ2n) is 7.68. The lowest BCUT2D eigenvalue weighted by Gasteiger charge is -1.98. The zero-order valence-electron chi connectivity index (χ0n) is 19.5. The zero-order valence-corrected chi connectivity index (χ0v) is 19.5. The molecule has 4 heteroatoms. The van der Waals surface area contributed by atoms with Gasteiger partial charge in [-0.15, -0.1) is 0 Å². The number of hydrogen-bond donors (Lipinski definition) is 2. The minimum absolute atomic E-state index is 0.341. The van der Waals surface area contributed by atoms with Gasteiger partial charge in [0.15, 0.2) is 0 Å². The average Bonchev–Trinajstić information content (AvgIpc) is 2.74. The Morgan fingerprint density at radius 1 is 0.467 bits per heavy atom. The van der Waals surface area contributed by atoms with Gasteiger partial charge in [0.25, 0.3) is 0 Å². The van der Waals surface area contributed by atoms with Gasteiger partial charge in [-0.05, 0) is 12.8 Å². The van der Waals surface area contributed by atoms with E-state index in [-0.39, 0.29) is 0 Å². The van der Waals surface area contributed by atoms with E-state index in [4.69, 9.17) is 10.2 Å². The van der Waals surface area contributed by atoms with Crippen molar-refractivity contribution in [2.45, 2.75) is 117 Å². The lowest BCUT2D eigenvalue weighted by atomic mass is 10.1. The van der Waals surface area contributed by atoms with Crippen LogP contribution in [0.1, 0.15) is 117 Å². The molecule has 0 saturated carbocycles. The molecule has 0 unspecified atom stereocenters. The van der Waals surface area contributed by atoms with Gasteiger partial charge in [-0.2, -0.15) is 0 Å². The third-order valence-corrected chi connectivity index (χ3v) is 4.66. The normalized spacial score (nSPS) is 9.67. The number of carbonyl (C=O) groups is 2. The van der Waals surface area contributed by atoms with Crippen LogP contribution in [0.2, 0.25) is 0 Å². The van der Waals surface area contributed by atoms with Gasteiger partial charge >= 0.3 is 11.9 Å². The van der Waals surface area contributed by atoms with Gasteiger partial charge in [0.1, 0.15) is 0 Å². The molecule has 0 aliphatic heterocycles. The van der Waals surface area contributed by atoms with Crippen molar-refractivity contribution in [1.82, 2.24) is 0 Å². The quantitative estimate of drug-likeness (QED) is 0.264. The Morgan fingerprint density at radius 2 is 0.700 bits per heavy atom. The molecule has 174 valence electrons. The molecule has 0 heterocycles. The van der Waals surface area contributed by atoms with E-state index in [2.05, 4.69) is 13.8 Å². The van der Waals surface area contributed by atoms with Gasteiger partial charge in [0.2, 0.25) is 0 Å². The maximum atomic E-state index is 10.1. The molecule has 30 heavy (non-hydrogen) atoms. The predicted molar refractivity (Wildman–Crippen MR) is 127 cm³/mol. The molecule has 0 aromatic heterocycles. The summed E-state index contributed by atoms with van der Waals surface area (Å²) in [7, 11) is 0. The van der Waals surface area contributed by atoms with Crippen LogP contribution < -0.4 is 0 Å². The van der Waals surface area contributed by atoms with Crippen LogP contribution in [-0.4, -0.2) is 22.2 Å². The molecule has 0 aliphatic rings. The highest BCUT2D eigenvalue weighted by Crippen LogP contribution is 2.08. The molecular formula is C26H46O4. The molecule has 2 N–H and O–H groups in total. The van der Waals surface area contributed by atoms with Gasteiger partial charge in [0.05, 0.1) is 0 Å². The van der Waals surface area contributed by atoms with E-state index in [0.717, 1.165) is 25.7 Å². The summed E-state index contributed by atoms with van der Waals surface area (Å²) < 4.78 is 0. The molecule has 1 aromatic carbocycles. The van der Waals surface area contributed by atoms with Crippen molar-refractivity contribution in [2.75, 3.05) is 0 Å². The minimum Gasteiger partial charge on any atom is -0.481 e. The number of hydrogen-bond acceptors (Lipinski definition) is 2. The summed E-state index contributed by atoms with van der Waals surface area (Å²) in [6.45, 7) is 4.40. The van der Waals surface area contributed by atoms with Crippen LogP contribution in [0.5, 0.6) is 0 Å². The molecule has 0 bridgehead atoms. The molecule has 1 rings (SSSR count). The Hall–Kier alpha value is -1.84. The summed E-state index contributed by atoms with van der Waals surface area (Å²) in [6.07, 6.45) is 17.3. The van der Waals surface area contributed by atoms with E-state index in [0.29, 0.717) is 12.8 Å². The molecule has 0 aliphatic carbocycles. The summed E-state index contributed by atoms with van der Waals surface area (Å²) in [5.41, 5.74) is 0. The SMILES string of the molecule is CCCCCCCCCC(=O)O.CCCCCCCCCC(=O)O.c1ccccc1. The highest BCUT2D eigenvalue weighted by Gasteiger charge is 1.96. The average molecular weight is 423 g/mol. The maximum Gasteiger partial charge on any atom is 0.303 e. The molecule has 0 atom stereocenters. The number of unbranched alkanes of at least 4 members (excludes halogenated alkanes) is 12. The number of rotatable bonds is 16. The van der Waals surface area contributed by atoms with Crippen LogP contribution in [0, 0.1) is 0 Å². The number of carboxylic acids is 2. The first kappa shape index (κ1) is 30.4. The van der Waals surface area contributed by atoms with Crippen LogP contribution in [0.4, 0.5) is 0 Å². The maximum absolute atomic E-state index is 10.1. The van der Waals surface area contributed by atoms with E-state index < -0.39 is 11.9 Å². The van der Waals surface area contributed by atoms with Gasteiger partial charge in [-0.25, -0.2) is 0 Å². The van der Waals surface area contributed by atoms with Crippen molar-refractivity contribution in [3.63, 3.8) is 0 Å². The van der Waals surface area contributed by atoms with E-state index in [9.17, 15) is 9.59 Å². The van der Waals surface area contributed by atoms with Gasteiger partial charge in [0, 0.05) is 12.8 Å². The molecule has 1 aromatic rings. The summed E-state index contributed by atoms with van der Waals surface area (Å²) in [5, 5.41) is 16.7. The van der Waals surface area contributed by atoms with Crippen molar-refractivity contribution in [2.24, 2.45) is 0 Å². The number of benzene rings is 1. The summed E-state index contributed by atoms with van der Waals surface area (Å²) >= 11 is 0. The Bertz CT molecular complexity index is 405. The second kappa shape index (κ2) is 27.2. The van der Waals surface area contributed by atoms with E-state index in [1.807, 2.05) is 36.4 Å². The lowest BCUT2D eigenvalue weighted by Crippen LogP contribution is -1.93. The minimum atomic E-state index is -0.663. The third kappa shape index (κ3) is 33.7. The molecule has 0 spiro atoms. The Labute approximate surface area is 185 Å². The Morgan fingerprint density at radius 3 is 0.933 bits per heavy atom. The van der Waals surface area contributed by atoms with E-state index in [1.165, 1.54) is 64.2 Å². The summed E-state index contributed by atoms with van der Waals surface area (Å²) in [4.78, 5) is 20.3. The van der Waals surface area contributed by atoms with Crippen molar-refractivity contribution in [3.05, 3.63) is 36.4 Å². The van der Waals surface area contributed by atoms with Crippen LogP contribution in [0.3, 0.4) is 0 Å². The first-order valence-corrected chi connectivity index (χ1v) is 12.0. The van der Waals surface area contributed by atoms with Crippen molar-refractivity contribution in [1.29, 1.82) is 0 Å². The highest BCUT2D eigenvalue weighted by atomic mass is 16.4. The molecule has 0 amide bonds. The standard InChI is InChI=1S/2C10H20O2.C6H6/c2*1-2-3-4-5-6-7-8-9-10(11)12;1-2-4-6-5-3-1/h2*2-9H2,1H3,(H,11,12);1-6H. The third-order valence-electron chi connectivity index (χ3n) is 4.66. The summed E-state index contributed by atoms with van der Waals surface area (Å²) in [6, 6.07) is 12.0.